The number of nitrogens with zero attached hydrogens (tertiary/aromatic N) is 1. The van der Waals surface area contributed by atoms with Crippen LogP contribution >= 0.6 is 0 Å². The molecule has 0 aliphatic carbocycles. The van der Waals surface area contributed by atoms with Crippen molar-refractivity contribution in [2.75, 3.05) is 5.75 Å². The van der Waals surface area contributed by atoms with E-state index in [1.165, 1.54) is 0 Å². The van der Waals surface area contributed by atoms with E-state index in [-0.39, 0.29) is 5.75 Å². The minimum atomic E-state index is -3.20. The molecule has 1 aromatic rings. The summed E-state index contributed by atoms with van der Waals surface area (Å²) in [5.41, 5.74) is 0.227. The van der Waals surface area contributed by atoms with Gasteiger partial charge in [0, 0.05) is 12.4 Å². The third-order valence-electron chi connectivity index (χ3n) is 2.17. The van der Waals surface area contributed by atoms with Crippen LogP contribution in [0.4, 0.5) is 0 Å². The van der Waals surface area contributed by atoms with E-state index in [0.29, 0.717) is 0 Å². The molecular weight excluding hydrogens is 212 g/mol. The highest BCUT2D eigenvalue weighted by Crippen LogP contribution is 2.19. The average molecular weight is 228 g/mol. The van der Waals surface area contributed by atoms with Gasteiger partial charge in [0.25, 0.3) is 0 Å². The Morgan fingerprint density at radius 3 is 2.60 bits per heavy atom. The Morgan fingerprint density at radius 1 is 1.47 bits per heavy atom. The summed E-state index contributed by atoms with van der Waals surface area (Å²) < 4.78 is 25.5. The number of sulfonamides is 1. The highest BCUT2D eigenvalue weighted by atomic mass is 32.2. The van der Waals surface area contributed by atoms with Gasteiger partial charge in [-0.05, 0) is 32.4 Å². The molecule has 0 radical (unpaired) electrons. The van der Waals surface area contributed by atoms with Crippen LogP contribution in [-0.2, 0) is 15.6 Å². The average Bonchev–Trinajstić information content (AvgIpc) is 2.18. The lowest BCUT2D eigenvalue weighted by atomic mass is 9.98. The maximum atomic E-state index is 11.5. The first-order chi connectivity index (χ1) is 6.87. The van der Waals surface area contributed by atoms with Crippen molar-refractivity contribution in [3.8, 4) is 0 Å². The predicted octanol–water partition coefficient (Wildman–Crippen LogP) is 1.26. The van der Waals surface area contributed by atoms with Gasteiger partial charge in [0.2, 0.25) is 10.0 Å². The molecule has 1 rings (SSSR count). The Balaban J connectivity index is 2.95. The van der Waals surface area contributed by atoms with Gasteiger partial charge in [-0.3, -0.25) is 4.98 Å². The molecule has 84 valence electrons. The minimum absolute atomic E-state index is 0.0801. The van der Waals surface area contributed by atoms with Crippen LogP contribution in [0.15, 0.2) is 24.5 Å². The lowest BCUT2D eigenvalue weighted by molar-refractivity contribution is 0.471. The van der Waals surface area contributed by atoms with Gasteiger partial charge < -0.3 is 0 Å². The van der Waals surface area contributed by atoms with Crippen molar-refractivity contribution in [2.24, 2.45) is 0 Å². The summed E-state index contributed by atoms with van der Waals surface area (Å²) in [6.45, 7) is 5.25. The fourth-order valence-corrected chi connectivity index (χ4v) is 2.29. The number of rotatable bonds is 4. The van der Waals surface area contributed by atoms with Crippen molar-refractivity contribution in [3.05, 3.63) is 30.1 Å². The second kappa shape index (κ2) is 4.28. The Morgan fingerprint density at radius 2 is 2.13 bits per heavy atom. The zero-order valence-corrected chi connectivity index (χ0v) is 10.0. The fourth-order valence-electron chi connectivity index (χ4n) is 1.25. The van der Waals surface area contributed by atoms with E-state index in [9.17, 15) is 8.42 Å². The van der Waals surface area contributed by atoms with E-state index in [2.05, 4.69) is 9.71 Å². The molecule has 5 heteroatoms. The third kappa shape index (κ3) is 3.28. The van der Waals surface area contributed by atoms with Crippen LogP contribution in [0, 0.1) is 0 Å². The summed E-state index contributed by atoms with van der Waals surface area (Å²) in [6, 6.07) is 3.64. The van der Waals surface area contributed by atoms with E-state index in [0.717, 1.165) is 5.56 Å². The van der Waals surface area contributed by atoms with Crippen LogP contribution in [0.2, 0.25) is 0 Å². The second-order valence-electron chi connectivity index (χ2n) is 3.87. The van der Waals surface area contributed by atoms with Gasteiger partial charge in [-0.2, -0.15) is 0 Å². The molecule has 15 heavy (non-hydrogen) atoms. The molecule has 0 fully saturated rings. The first kappa shape index (κ1) is 12.1. The number of hydrogen-bond donors (Lipinski definition) is 1. The smallest absolute Gasteiger partial charge is 0.212 e. The van der Waals surface area contributed by atoms with Gasteiger partial charge in [0.05, 0.1) is 11.3 Å². The first-order valence-electron chi connectivity index (χ1n) is 4.79. The summed E-state index contributed by atoms with van der Waals surface area (Å²) in [7, 11) is -3.20. The van der Waals surface area contributed by atoms with Crippen LogP contribution in [0.25, 0.3) is 0 Å². The Bertz CT molecular complexity index is 412. The lowest BCUT2D eigenvalue weighted by Gasteiger charge is -2.25. The molecule has 0 unspecified atom stereocenters. The second-order valence-corrected chi connectivity index (χ2v) is 5.88. The van der Waals surface area contributed by atoms with E-state index in [4.69, 9.17) is 0 Å². The molecule has 0 aliphatic rings. The number of pyridine rings is 1. The number of aromatic nitrogens is 1. The zero-order chi connectivity index (χ0) is 11.5. The third-order valence-corrected chi connectivity index (χ3v) is 3.76. The van der Waals surface area contributed by atoms with Crippen LogP contribution in [0.1, 0.15) is 26.3 Å². The molecule has 1 heterocycles. The maximum absolute atomic E-state index is 11.5. The predicted molar refractivity (Wildman–Crippen MR) is 59.9 cm³/mol. The highest BCUT2D eigenvalue weighted by molar-refractivity contribution is 7.89. The monoisotopic (exact) mass is 228 g/mol. The molecule has 0 spiro atoms. The lowest BCUT2D eigenvalue weighted by Crippen LogP contribution is -2.41. The number of hydrogen-bond acceptors (Lipinski definition) is 3. The summed E-state index contributed by atoms with van der Waals surface area (Å²) >= 11 is 0. The van der Waals surface area contributed by atoms with Crippen molar-refractivity contribution in [3.63, 3.8) is 0 Å². The number of nitrogens with one attached hydrogen (secondary N) is 1. The summed E-state index contributed by atoms with van der Waals surface area (Å²) in [6.07, 6.45) is 3.33. The Hall–Kier alpha value is -0.940. The minimum Gasteiger partial charge on any atom is -0.264 e. The molecule has 0 aromatic carbocycles. The van der Waals surface area contributed by atoms with Gasteiger partial charge in [-0.1, -0.05) is 6.07 Å². The van der Waals surface area contributed by atoms with Crippen LogP contribution in [-0.4, -0.2) is 19.2 Å². The SMILES string of the molecule is CCS(=O)(=O)NC(C)(C)c1cccnc1. The topological polar surface area (TPSA) is 59.1 Å². The van der Waals surface area contributed by atoms with Gasteiger partial charge in [0.1, 0.15) is 0 Å². The molecular formula is C10H16N2O2S. The van der Waals surface area contributed by atoms with Gasteiger partial charge >= 0.3 is 0 Å². The standard InChI is InChI=1S/C10H16N2O2S/c1-4-15(13,14)12-10(2,3)9-6-5-7-11-8-9/h5-8,12H,4H2,1-3H3. The van der Waals surface area contributed by atoms with Crippen LogP contribution in [0.5, 0.6) is 0 Å². The molecule has 1 N–H and O–H groups in total. The summed E-state index contributed by atoms with van der Waals surface area (Å²) in [5, 5.41) is 0. The highest BCUT2D eigenvalue weighted by Gasteiger charge is 2.25. The summed E-state index contributed by atoms with van der Waals surface area (Å²) in [5.74, 6) is 0.0801. The Kier molecular flexibility index (Phi) is 3.46. The molecule has 0 amide bonds. The van der Waals surface area contributed by atoms with Crippen molar-refractivity contribution in [1.29, 1.82) is 0 Å². The molecule has 0 bridgehead atoms. The quantitative estimate of drug-likeness (QED) is 0.844. The fraction of sp³-hybridized carbons (Fsp3) is 0.500. The molecule has 0 saturated heterocycles. The van der Waals surface area contributed by atoms with E-state index in [1.807, 2.05) is 19.9 Å². The van der Waals surface area contributed by atoms with E-state index < -0.39 is 15.6 Å². The molecule has 0 saturated carbocycles. The molecule has 0 atom stereocenters. The van der Waals surface area contributed by atoms with Crippen molar-refractivity contribution in [1.82, 2.24) is 9.71 Å². The normalized spacial score (nSPS) is 12.7. The maximum Gasteiger partial charge on any atom is 0.212 e. The van der Waals surface area contributed by atoms with Gasteiger partial charge in [-0.25, -0.2) is 13.1 Å². The van der Waals surface area contributed by atoms with Gasteiger partial charge in [0.15, 0.2) is 0 Å². The zero-order valence-electron chi connectivity index (χ0n) is 9.19. The first-order valence-corrected chi connectivity index (χ1v) is 6.45. The van der Waals surface area contributed by atoms with Crippen molar-refractivity contribution in [2.45, 2.75) is 26.3 Å². The molecule has 4 nitrogen and oxygen atoms in total. The van der Waals surface area contributed by atoms with E-state index in [1.54, 1.807) is 25.4 Å². The largest absolute Gasteiger partial charge is 0.264 e. The van der Waals surface area contributed by atoms with Crippen molar-refractivity contribution >= 4 is 10.0 Å². The van der Waals surface area contributed by atoms with Crippen LogP contribution < -0.4 is 4.72 Å². The summed E-state index contributed by atoms with van der Waals surface area (Å²) in [4.78, 5) is 3.97. The van der Waals surface area contributed by atoms with E-state index >= 15 is 0 Å². The van der Waals surface area contributed by atoms with Crippen LogP contribution in [0.3, 0.4) is 0 Å². The van der Waals surface area contributed by atoms with Crippen molar-refractivity contribution < 1.29 is 8.42 Å². The molecule has 0 aliphatic heterocycles. The van der Waals surface area contributed by atoms with Gasteiger partial charge in [-0.15, -0.1) is 0 Å². The Labute approximate surface area is 90.8 Å². The molecule has 1 aromatic heterocycles.